The van der Waals surface area contributed by atoms with Crippen molar-refractivity contribution in [2.75, 3.05) is 36.2 Å². The van der Waals surface area contributed by atoms with Crippen molar-refractivity contribution >= 4 is 33.6 Å². The molecule has 5 aromatic rings. The number of hydrogen-bond acceptors (Lipinski definition) is 10. The largest absolute Gasteiger partial charge is 0.491 e. The third-order valence-corrected chi connectivity index (χ3v) is 10.5. The van der Waals surface area contributed by atoms with Crippen LogP contribution in [0.2, 0.25) is 0 Å². The van der Waals surface area contributed by atoms with Crippen LogP contribution < -0.4 is 25.0 Å². The number of nitrogens with one attached hydrogen (secondary N) is 2. The molecule has 0 spiro atoms. The molecule has 3 aromatic heterocycles. The number of urea groups is 1. The third-order valence-electron chi connectivity index (χ3n) is 9.95. The lowest BCUT2D eigenvalue weighted by Crippen LogP contribution is -2.38. The number of carbonyl (C=O) groups excluding carboxylic acids is 1. The van der Waals surface area contributed by atoms with Gasteiger partial charge in [-0.3, -0.25) is 13.9 Å². The van der Waals surface area contributed by atoms with Gasteiger partial charge in [-0.2, -0.15) is 13.5 Å². The average molecular weight is 775 g/mol. The first-order valence-electron chi connectivity index (χ1n) is 18.6. The van der Waals surface area contributed by atoms with Crippen LogP contribution in [-0.2, 0) is 19.7 Å². The first-order chi connectivity index (χ1) is 26.2. The molecule has 2 aromatic carbocycles. The molecule has 1 fully saturated rings. The second-order valence-corrected chi connectivity index (χ2v) is 16.8. The van der Waals surface area contributed by atoms with Crippen molar-refractivity contribution in [3.63, 3.8) is 0 Å². The maximum atomic E-state index is 15.4. The summed E-state index contributed by atoms with van der Waals surface area (Å²) in [6, 6.07) is 17.2. The highest BCUT2D eigenvalue weighted by molar-refractivity contribution is 7.85. The van der Waals surface area contributed by atoms with Gasteiger partial charge in [0.05, 0.1) is 24.2 Å². The van der Waals surface area contributed by atoms with E-state index in [1.54, 1.807) is 6.07 Å². The summed E-state index contributed by atoms with van der Waals surface area (Å²) in [6.45, 7) is 8.79. The fraction of sp³-hybridized carbons (Fsp3) is 0.436. The van der Waals surface area contributed by atoms with Gasteiger partial charge in [-0.1, -0.05) is 45.0 Å². The minimum atomic E-state index is -3.63. The van der Waals surface area contributed by atoms with Crippen LogP contribution in [0.25, 0.3) is 11.3 Å². The summed E-state index contributed by atoms with van der Waals surface area (Å²) in [5.74, 6) is 1.45. The van der Waals surface area contributed by atoms with Crippen LogP contribution in [0.1, 0.15) is 88.8 Å². The molecule has 292 valence electrons. The van der Waals surface area contributed by atoms with Crippen molar-refractivity contribution in [1.82, 2.24) is 29.7 Å². The predicted molar refractivity (Wildman–Crippen MR) is 206 cm³/mol. The minimum Gasteiger partial charge on any atom is -0.491 e. The number of carbonyl (C=O) groups is 1. The van der Waals surface area contributed by atoms with E-state index in [0.29, 0.717) is 30.3 Å². The van der Waals surface area contributed by atoms with Crippen LogP contribution in [-0.4, -0.2) is 70.9 Å². The lowest BCUT2D eigenvalue weighted by molar-refractivity contribution is 0.171. The van der Waals surface area contributed by atoms with E-state index in [1.165, 1.54) is 29.3 Å². The Hall–Kier alpha value is -5.22. The summed E-state index contributed by atoms with van der Waals surface area (Å²) in [7, 11) is -3.63. The standard InChI is InChI=1S/C39H47FN8O6S/c1-25-10-8-9-19-46(25)38-44-43-35-18-14-27(24-47(35)38)54-33-17-16-31(28-11-6-7-12-29(28)33)41-37(49)42-36-23-34(39(2,3)4)45-48(36)32-22-26(13-15-30(32)40)52-20-21-53-55(5,50)51/h6-7,11-15,18,22-25,31,33H,8-10,16-17,19-21H2,1-5H3,(H2,41,42,49)/t25-,31-,33+/m0/s1. The molecular weight excluding hydrogens is 728 g/mol. The van der Waals surface area contributed by atoms with Crippen molar-refractivity contribution in [2.45, 2.75) is 83.4 Å². The van der Waals surface area contributed by atoms with E-state index < -0.39 is 27.4 Å². The van der Waals surface area contributed by atoms with Crippen molar-refractivity contribution in [2.24, 2.45) is 0 Å². The Balaban J connectivity index is 1.07. The Bertz CT molecular complexity index is 2290. The summed E-state index contributed by atoms with van der Waals surface area (Å²) in [5.41, 5.74) is 2.93. The quantitative estimate of drug-likeness (QED) is 0.107. The van der Waals surface area contributed by atoms with E-state index in [-0.39, 0.29) is 42.6 Å². The summed E-state index contributed by atoms with van der Waals surface area (Å²) >= 11 is 0. The molecule has 0 bridgehead atoms. The van der Waals surface area contributed by atoms with Crippen LogP contribution in [0, 0.1) is 5.82 Å². The number of pyridine rings is 1. The van der Waals surface area contributed by atoms with Gasteiger partial charge in [-0.05, 0) is 74.4 Å². The van der Waals surface area contributed by atoms with Gasteiger partial charge in [0, 0.05) is 30.1 Å². The second-order valence-electron chi connectivity index (χ2n) is 15.2. The minimum absolute atomic E-state index is 0.0394. The molecule has 2 amide bonds. The molecule has 14 nitrogen and oxygen atoms in total. The van der Waals surface area contributed by atoms with Crippen molar-refractivity contribution in [3.8, 4) is 17.2 Å². The number of anilines is 2. The highest BCUT2D eigenvalue weighted by Crippen LogP contribution is 2.39. The molecule has 3 atom stereocenters. The fourth-order valence-electron chi connectivity index (χ4n) is 7.13. The van der Waals surface area contributed by atoms with E-state index in [4.69, 9.17) is 13.7 Å². The SMILES string of the molecule is C[C@H]1CCCCN1c1nnc2ccc(O[C@@H]3CC[C@H](NC(=O)Nc4cc(C(C)(C)C)nn4-c4cc(OCCOS(C)(=O)=O)ccc4F)c4ccccc43)cn12. The number of halogens is 1. The molecule has 0 radical (unpaired) electrons. The summed E-state index contributed by atoms with van der Waals surface area (Å²) in [6.07, 6.45) is 7.39. The average Bonchev–Trinajstić information content (AvgIpc) is 3.76. The number of benzene rings is 2. The summed E-state index contributed by atoms with van der Waals surface area (Å²) in [5, 5.41) is 19.6. The van der Waals surface area contributed by atoms with Gasteiger partial charge in [0.15, 0.2) is 5.65 Å². The molecular formula is C39H47FN8O6S. The predicted octanol–water partition coefficient (Wildman–Crippen LogP) is 6.86. The number of rotatable bonds is 11. The zero-order valence-electron chi connectivity index (χ0n) is 31.7. The Morgan fingerprint density at radius 3 is 2.51 bits per heavy atom. The topological polar surface area (TPSA) is 154 Å². The van der Waals surface area contributed by atoms with Crippen molar-refractivity contribution in [3.05, 3.63) is 89.5 Å². The number of aromatic nitrogens is 5. The van der Waals surface area contributed by atoms with Crippen LogP contribution >= 0.6 is 0 Å². The monoisotopic (exact) mass is 774 g/mol. The molecule has 2 aliphatic rings. The lowest BCUT2D eigenvalue weighted by atomic mass is 9.85. The summed E-state index contributed by atoms with van der Waals surface area (Å²) in [4.78, 5) is 16.0. The molecule has 2 N–H and O–H groups in total. The first-order valence-corrected chi connectivity index (χ1v) is 20.4. The Labute approximate surface area is 320 Å². The number of nitrogens with zero attached hydrogens (tertiary/aromatic N) is 6. The van der Waals surface area contributed by atoms with Gasteiger partial charge < -0.3 is 19.7 Å². The molecule has 0 unspecified atom stereocenters. The number of ether oxygens (including phenoxy) is 2. The highest BCUT2D eigenvalue weighted by Gasteiger charge is 2.31. The number of piperidine rings is 1. The van der Waals surface area contributed by atoms with Gasteiger partial charge in [-0.25, -0.2) is 13.9 Å². The molecule has 16 heteroatoms. The zero-order valence-corrected chi connectivity index (χ0v) is 32.5. The van der Waals surface area contributed by atoms with Crippen LogP contribution in [0.15, 0.2) is 66.9 Å². The Morgan fingerprint density at radius 1 is 0.964 bits per heavy atom. The molecule has 4 heterocycles. The Kier molecular flexibility index (Phi) is 10.7. The van der Waals surface area contributed by atoms with E-state index in [9.17, 15) is 13.2 Å². The van der Waals surface area contributed by atoms with E-state index in [2.05, 4.69) is 37.8 Å². The van der Waals surface area contributed by atoms with Crippen LogP contribution in [0.5, 0.6) is 11.5 Å². The van der Waals surface area contributed by atoms with Crippen LogP contribution in [0.4, 0.5) is 21.0 Å². The smallest absolute Gasteiger partial charge is 0.320 e. The third kappa shape index (κ3) is 8.70. The normalized spacial score (nSPS) is 18.9. The molecule has 1 saturated heterocycles. The zero-order chi connectivity index (χ0) is 38.9. The second kappa shape index (κ2) is 15.5. The van der Waals surface area contributed by atoms with E-state index in [1.807, 2.05) is 67.8 Å². The van der Waals surface area contributed by atoms with Gasteiger partial charge in [0.25, 0.3) is 10.1 Å². The fourth-order valence-corrected chi connectivity index (χ4v) is 7.50. The maximum absolute atomic E-state index is 15.4. The molecule has 1 aliphatic heterocycles. The molecule has 0 saturated carbocycles. The van der Waals surface area contributed by atoms with E-state index >= 15 is 4.39 Å². The number of hydrogen-bond donors (Lipinski definition) is 2. The Morgan fingerprint density at radius 2 is 1.75 bits per heavy atom. The van der Waals surface area contributed by atoms with Gasteiger partial charge in [0.1, 0.15) is 48.1 Å². The number of amides is 2. The highest BCUT2D eigenvalue weighted by atomic mass is 32.2. The van der Waals surface area contributed by atoms with Gasteiger partial charge in [-0.15, -0.1) is 10.2 Å². The van der Waals surface area contributed by atoms with Crippen LogP contribution in [0.3, 0.4) is 0 Å². The molecule has 55 heavy (non-hydrogen) atoms. The molecule has 1 aliphatic carbocycles. The molecule has 7 rings (SSSR count). The van der Waals surface area contributed by atoms with Gasteiger partial charge in [0.2, 0.25) is 5.95 Å². The van der Waals surface area contributed by atoms with Crippen molar-refractivity contribution in [1.29, 1.82) is 0 Å². The van der Waals surface area contributed by atoms with Gasteiger partial charge >= 0.3 is 6.03 Å². The maximum Gasteiger partial charge on any atom is 0.320 e. The summed E-state index contributed by atoms with van der Waals surface area (Å²) < 4.78 is 58.3. The number of fused-ring (bicyclic) bond motifs is 2. The first kappa shape index (κ1) is 38.1. The lowest BCUT2D eigenvalue weighted by Gasteiger charge is -2.33. The van der Waals surface area contributed by atoms with E-state index in [0.717, 1.165) is 48.4 Å². The van der Waals surface area contributed by atoms with Crippen molar-refractivity contribution < 1.29 is 31.3 Å².